The van der Waals surface area contributed by atoms with Crippen LogP contribution in [-0.4, -0.2) is 87.5 Å². The molecule has 0 fully saturated rings. The molecule has 0 spiro atoms. The van der Waals surface area contributed by atoms with E-state index < -0.39 is 54.1 Å². The third-order valence-corrected chi connectivity index (χ3v) is 11.7. The lowest BCUT2D eigenvalue weighted by Crippen LogP contribution is -2.57. The minimum Gasteiger partial charge on any atom is -0.449 e. The summed E-state index contributed by atoms with van der Waals surface area (Å²) in [7, 11) is 0. The number of H-pyrrole nitrogens is 1. The maximum absolute atomic E-state index is 14.5. The number of benzene rings is 4. The maximum Gasteiger partial charge on any atom is 0.407 e. The molecule has 4 amide bonds. The van der Waals surface area contributed by atoms with Crippen molar-refractivity contribution in [3.63, 3.8) is 0 Å². The van der Waals surface area contributed by atoms with E-state index in [1.165, 1.54) is 6.33 Å². The largest absolute Gasteiger partial charge is 0.449 e. The molecule has 13 nitrogen and oxygen atoms in total. The standard InChI is InChI=1S/C48H58N6O7/c1-5-30(4)43(26-55)51-45(57)24-44(56)40(21-29(2)3)52-47(59)42(23-33-25-49-28-50-33)53-46(58)41(22-32-15-12-14-31-13-6-7-16-34(31)32)54-48(60)61-27-39-37-19-10-8-17-35(37)36-18-9-11-20-38(36)39/h6-20,25,28-30,39-44,55-56H,5,21-24,26-27H2,1-4H3,(H,49,50)(H,51,57)(H,52,59)(H,53,58)(H,54,60)/t30-,40-,41-,42-,43+,44-/m0/s1. The van der Waals surface area contributed by atoms with Gasteiger partial charge in [0.25, 0.3) is 0 Å². The average molecular weight is 831 g/mol. The Morgan fingerprint density at radius 3 is 2.07 bits per heavy atom. The van der Waals surface area contributed by atoms with Gasteiger partial charge in [-0.05, 0) is 56.8 Å². The van der Waals surface area contributed by atoms with Crippen molar-refractivity contribution < 1.29 is 34.1 Å². The summed E-state index contributed by atoms with van der Waals surface area (Å²) in [6.45, 7) is 7.57. The van der Waals surface area contributed by atoms with Crippen molar-refractivity contribution in [1.29, 1.82) is 0 Å². The van der Waals surface area contributed by atoms with Crippen LogP contribution >= 0.6 is 0 Å². The zero-order valence-electron chi connectivity index (χ0n) is 35.3. The molecule has 6 atom stereocenters. The van der Waals surface area contributed by atoms with E-state index in [1.807, 2.05) is 107 Å². The van der Waals surface area contributed by atoms with Crippen molar-refractivity contribution in [3.8, 4) is 11.1 Å². The predicted molar refractivity (Wildman–Crippen MR) is 234 cm³/mol. The quantitative estimate of drug-likeness (QED) is 0.0531. The molecule has 6 rings (SSSR count). The van der Waals surface area contributed by atoms with Crippen molar-refractivity contribution in [2.75, 3.05) is 13.2 Å². The topological polar surface area (TPSA) is 195 Å². The minimum absolute atomic E-state index is 0.0154. The zero-order valence-corrected chi connectivity index (χ0v) is 35.3. The van der Waals surface area contributed by atoms with Gasteiger partial charge in [0.2, 0.25) is 17.7 Å². The Morgan fingerprint density at radius 1 is 0.770 bits per heavy atom. The maximum atomic E-state index is 14.5. The lowest BCUT2D eigenvalue weighted by atomic mass is 9.95. The Labute approximate surface area is 357 Å². The highest BCUT2D eigenvalue weighted by Crippen LogP contribution is 2.44. The summed E-state index contributed by atoms with van der Waals surface area (Å²) in [4.78, 5) is 62.6. The molecular formula is C48H58N6O7. The van der Waals surface area contributed by atoms with Gasteiger partial charge >= 0.3 is 6.09 Å². The molecule has 1 aliphatic rings. The summed E-state index contributed by atoms with van der Waals surface area (Å²) < 4.78 is 5.88. The normalized spacial score (nSPS) is 15.1. The van der Waals surface area contributed by atoms with E-state index in [0.29, 0.717) is 12.1 Å². The number of fused-ring (bicyclic) bond motifs is 4. The zero-order chi connectivity index (χ0) is 43.5. The van der Waals surface area contributed by atoms with Crippen LogP contribution in [0, 0.1) is 11.8 Å². The van der Waals surface area contributed by atoms with Crippen molar-refractivity contribution in [2.24, 2.45) is 11.8 Å². The number of carbonyl (C=O) groups is 4. The highest BCUT2D eigenvalue weighted by atomic mass is 16.5. The van der Waals surface area contributed by atoms with Gasteiger partial charge in [0.15, 0.2) is 0 Å². The van der Waals surface area contributed by atoms with Gasteiger partial charge in [-0.2, -0.15) is 0 Å². The molecule has 5 aromatic rings. The SMILES string of the molecule is CC[C@H](C)[C@@H](CO)NC(=O)C[C@H](O)[C@H](CC(C)C)NC(=O)[C@H](Cc1cnc[nH]1)NC(=O)[C@H](Cc1cccc2ccccc12)NC(=O)OCC1c2ccccc2-c2ccccc21. The van der Waals surface area contributed by atoms with Crippen LogP contribution in [0.15, 0.2) is 104 Å². The van der Waals surface area contributed by atoms with Gasteiger partial charge in [-0.3, -0.25) is 14.4 Å². The Bertz CT molecular complexity index is 2210. The number of aromatic amines is 1. The van der Waals surface area contributed by atoms with Crippen LogP contribution in [0.25, 0.3) is 21.9 Å². The van der Waals surface area contributed by atoms with Crippen LogP contribution in [0.1, 0.15) is 75.3 Å². The summed E-state index contributed by atoms with van der Waals surface area (Å²) in [6.07, 6.45) is 1.85. The van der Waals surface area contributed by atoms with Crippen molar-refractivity contribution in [1.82, 2.24) is 31.2 Å². The van der Waals surface area contributed by atoms with E-state index in [4.69, 9.17) is 4.74 Å². The third-order valence-electron chi connectivity index (χ3n) is 11.7. The molecule has 0 bridgehead atoms. The molecule has 0 saturated heterocycles. The Balaban J connectivity index is 1.21. The molecule has 61 heavy (non-hydrogen) atoms. The average Bonchev–Trinajstić information content (AvgIpc) is 3.89. The van der Waals surface area contributed by atoms with Crippen molar-refractivity contribution >= 4 is 34.6 Å². The molecule has 1 aliphatic carbocycles. The number of nitrogens with zero attached hydrogens (tertiary/aromatic N) is 1. The van der Waals surface area contributed by atoms with Gasteiger partial charge < -0.3 is 41.2 Å². The van der Waals surface area contributed by atoms with Crippen LogP contribution in [-0.2, 0) is 32.0 Å². The number of ether oxygens (including phenoxy) is 1. The Hall–Kier alpha value is -6.05. The number of hydrogen-bond donors (Lipinski definition) is 7. The summed E-state index contributed by atoms with van der Waals surface area (Å²) >= 11 is 0. The van der Waals surface area contributed by atoms with Gasteiger partial charge in [-0.15, -0.1) is 0 Å². The molecule has 4 aromatic carbocycles. The molecule has 0 radical (unpaired) electrons. The van der Waals surface area contributed by atoms with Crippen molar-refractivity contribution in [3.05, 3.63) is 126 Å². The number of hydrogen-bond acceptors (Lipinski definition) is 8. The predicted octanol–water partition coefficient (Wildman–Crippen LogP) is 5.55. The summed E-state index contributed by atoms with van der Waals surface area (Å²) in [6, 6.07) is 25.9. The fourth-order valence-corrected chi connectivity index (χ4v) is 8.13. The first-order valence-electron chi connectivity index (χ1n) is 21.2. The van der Waals surface area contributed by atoms with Gasteiger partial charge in [-0.25, -0.2) is 9.78 Å². The highest BCUT2D eigenvalue weighted by molar-refractivity contribution is 5.93. The number of imidazole rings is 1. The monoisotopic (exact) mass is 830 g/mol. The molecule has 0 aliphatic heterocycles. The van der Waals surface area contributed by atoms with E-state index in [0.717, 1.165) is 45.0 Å². The van der Waals surface area contributed by atoms with E-state index in [1.54, 1.807) is 6.20 Å². The number of amides is 4. The first-order chi connectivity index (χ1) is 29.4. The van der Waals surface area contributed by atoms with Crippen LogP contribution in [0.5, 0.6) is 0 Å². The van der Waals surface area contributed by atoms with E-state index in [2.05, 4.69) is 43.4 Å². The molecule has 7 N–H and O–H groups in total. The van der Waals surface area contributed by atoms with Crippen LogP contribution in [0.4, 0.5) is 4.79 Å². The van der Waals surface area contributed by atoms with Crippen LogP contribution < -0.4 is 21.3 Å². The van der Waals surface area contributed by atoms with Gasteiger partial charge in [-0.1, -0.05) is 125 Å². The number of aliphatic hydroxyl groups is 2. The Morgan fingerprint density at radius 2 is 1.41 bits per heavy atom. The van der Waals surface area contributed by atoms with Gasteiger partial charge in [0.1, 0.15) is 18.7 Å². The van der Waals surface area contributed by atoms with Crippen LogP contribution in [0.3, 0.4) is 0 Å². The summed E-state index contributed by atoms with van der Waals surface area (Å²) in [5, 5.41) is 34.5. The molecule has 13 heteroatoms. The molecule has 1 aromatic heterocycles. The molecular weight excluding hydrogens is 773 g/mol. The van der Waals surface area contributed by atoms with Gasteiger partial charge in [0.05, 0.1) is 37.5 Å². The Kier molecular flexibility index (Phi) is 15.3. The minimum atomic E-state index is -1.26. The van der Waals surface area contributed by atoms with E-state index in [9.17, 15) is 29.4 Å². The molecule has 0 saturated carbocycles. The lowest BCUT2D eigenvalue weighted by molar-refractivity contribution is -0.131. The smallest absolute Gasteiger partial charge is 0.407 e. The van der Waals surface area contributed by atoms with E-state index >= 15 is 0 Å². The molecule has 322 valence electrons. The summed E-state index contributed by atoms with van der Waals surface area (Å²) in [5.74, 6) is -1.81. The fraction of sp³-hybridized carbons (Fsp3) is 0.396. The van der Waals surface area contributed by atoms with Gasteiger partial charge in [0, 0.05) is 30.7 Å². The first kappa shape index (κ1) is 44.5. The first-order valence-corrected chi connectivity index (χ1v) is 21.2. The molecule has 0 unspecified atom stereocenters. The van der Waals surface area contributed by atoms with Crippen molar-refractivity contribution in [2.45, 2.75) is 96.0 Å². The fourth-order valence-electron chi connectivity index (χ4n) is 8.13. The number of nitrogens with one attached hydrogen (secondary N) is 5. The second-order valence-electron chi connectivity index (χ2n) is 16.5. The number of carbonyl (C=O) groups excluding carboxylic acids is 4. The second kappa shape index (κ2) is 21.0. The van der Waals surface area contributed by atoms with Crippen LogP contribution in [0.2, 0.25) is 0 Å². The number of rotatable bonds is 20. The third kappa shape index (κ3) is 11.4. The summed E-state index contributed by atoms with van der Waals surface area (Å²) in [5.41, 5.74) is 5.65. The van der Waals surface area contributed by atoms with E-state index in [-0.39, 0.29) is 50.2 Å². The second-order valence-corrected chi connectivity index (χ2v) is 16.5. The number of aliphatic hydroxyl groups excluding tert-OH is 2. The molecule has 1 heterocycles. The highest BCUT2D eigenvalue weighted by Gasteiger charge is 2.34. The lowest BCUT2D eigenvalue weighted by Gasteiger charge is -2.29. The number of aromatic nitrogens is 2. The number of alkyl carbamates (subject to hydrolysis) is 1.